The SMILES string of the molecule is CN1CCC(n2cnc3cccnc32)C1. The molecule has 0 amide bonds. The number of rotatable bonds is 1. The molecule has 0 N–H and O–H groups in total. The van der Waals surface area contributed by atoms with Crippen molar-refractivity contribution in [3.63, 3.8) is 0 Å². The number of hydrogen-bond donors (Lipinski definition) is 0. The van der Waals surface area contributed by atoms with E-state index in [0.29, 0.717) is 6.04 Å². The summed E-state index contributed by atoms with van der Waals surface area (Å²) in [5.41, 5.74) is 2.00. The summed E-state index contributed by atoms with van der Waals surface area (Å²) in [7, 11) is 2.16. The largest absolute Gasteiger partial charge is 0.311 e. The molecule has 1 aliphatic heterocycles. The van der Waals surface area contributed by atoms with Gasteiger partial charge in [0, 0.05) is 12.7 Å². The van der Waals surface area contributed by atoms with Gasteiger partial charge in [-0.1, -0.05) is 0 Å². The van der Waals surface area contributed by atoms with Crippen LogP contribution in [0.5, 0.6) is 0 Å². The fraction of sp³-hybridized carbons (Fsp3) is 0.455. The van der Waals surface area contributed by atoms with Crippen LogP contribution in [0.4, 0.5) is 0 Å². The van der Waals surface area contributed by atoms with E-state index in [2.05, 4.69) is 26.5 Å². The fourth-order valence-corrected chi connectivity index (χ4v) is 2.27. The third-order valence-corrected chi connectivity index (χ3v) is 3.09. The third-order valence-electron chi connectivity index (χ3n) is 3.09. The first-order chi connectivity index (χ1) is 7.34. The normalized spacial score (nSPS) is 22.6. The van der Waals surface area contributed by atoms with Crippen molar-refractivity contribution < 1.29 is 0 Å². The molecule has 4 nitrogen and oxygen atoms in total. The van der Waals surface area contributed by atoms with Crippen LogP contribution in [0.3, 0.4) is 0 Å². The zero-order valence-electron chi connectivity index (χ0n) is 8.80. The maximum absolute atomic E-state index is 4.39. The predicted octanol–water partition coefficient (Wildman–Crippen LogP) is 1.31. The Morgan fingerprint density at radius 2 is 2.33 bits per heavy atom. The van der Waals surface area contributed by atoms with E-state index < -0.39 is 0 Å². The van der Waals surface area contributed by atoms with Crippen molar-refractivity contribution in [2.24, 2.45) is 0 Å². The minimum atomic E-state index is 0.537. The molecule has 3 rings (SSSR count). The molecule has 0 radical (unpaired) electrons. The molecule has 1 aliphatic rings. The van der Waals surface area contributed by atoms with Gasteiger partial charge in [0.05, 0.1) is 12.4 Å². The first kappa shape index (κ1) is 8.85. The number of fused-ring (bicyclic) bond motifs is 1. The lowest BCUT2D eigenvalue weighted by molar-refractivity contribution is 0.394. The highest BCUT2D eigenvalue weighted by atomic mass is 15.2. The smallest absolute Gasteiger partial charge is 0.160 e. The second-order valence-corrected chi connectivity index (χ2v) is 4.20. The minimum absolute atomic E-state index is 0.537. The Labute approximate surface area is 88.6 Å². The van der Waals surface area contributed by atoms with Crippen LogP contribution in [-0.2, 0) is 0 Å². The number of imidazole rings is 1. The molecule has 1 atom stereocenters. The van der Waals surface area contributed by atoms with E-state index in [1.807, 2.05) is 24.7 Å². The van der Waals surface area contributed by atoms with Crippen LogP contribution in [0, 0.1) is 0 Å². The van der Waals surface area contributed by atoms with E-state index in [4.69, 9.17) is 0 Å². The van der Waals surface area contributed by atoms with Gasteiger partial charge in [-0.2, -0.15) is 0 Å². The minimum Gasteiger partial charge on any atom is -0.311 e. The molecule has 15 heavy (non-hydrogen) atoms. The number of likely N-dealkylation sites (N-methyl/N-ethyl adjacent to an activating group) is 1. The molecule has 0 aromatic carbocycles. The zero-order valence-corrected chi connectivity index (χ0v) is 8.80. The summed E-state index contributed by atoms with van der Waals surface area (Å²) >= 11 is 0. The molecular formula is C11H14N4. The Morgan fingerprint density at radius 1 is 1.40 bits per heavy atom. The zero-order chi connectivity index (χ0) is 10.3. The number of hydrogen-bond acceptors (Lipinski definition) is 3. The lowest BCUT2D eigenvalue weighted by Gasteiger charge is -2.12. The van der Waals surface area contributed by atoms with Gasteiger partial charge in [-0.05, 0) is 32.1 Å². The highest BCUT2D eigenvalue weighted by Gasteiger charge is 2.22. The van der Waals surface area contributed by atoms with Crippen LogP contribution >= 0.6 is 0 Å². The highest BCUT2D eigenvalue weighted by Crippen LogP contribution is 2.23. The van der Waals surface area contributed by atoms with Crippen molar-refractivity contribution in [3.05, 3.63) is 24.7 Å². The molecule has 1 unspecified atom stereocenters. The average molecular weight is 202 g/mol. The predicted molar refractivity (Wildman–Crippen MR) is 58.7 cm³/mol. The molecule has 0 spiro atoms. The quantitative estimate of drug-likeness (QED) is 0.699. The van der Waals surface area contributed by atoms with Crippen LogP contribution < -0.4 is 0 Å². The molecule has 0 bridgehead atoms. The Bertz CT molecular complexity index is 476. The summed E-state index contributed by atoms with van der Waals surface area (Å²) in [4.78, 5) is 11.1. The molecule has 78 valence electrons. The highest BCUT2D eigenvalue weighted by molar-refractivity contribution is 5.70. The van der Waals surface area contributed by atoms with Crippen molar-refractivity contribution in [2.75, 3.05) is 20.1 Å². The first-order valence-corrected chi connectivity index (χ1v) is 5.31. The molecule has 2 aromatic rings. The maximum Gasteiger partial charge on any atom is 0.160 e. The van der Waals surface area contributed by atoms with Crippen molar-refractivity contribution in [1.29, 1.82) is 0 Å². The van der Waals surface area contributed by atoms with Crippen molar-refractivity contribution in [1.82, 2.24) is 19.4 Å². The molecular weight excluding hydrogens is 188 g/mol. The summed E-state index contributed by atoms with van der Waals surface area (Å²) in [6, 6.07) is 4.48. The van der Waals surface area contributed by atoms with Gasteiger partial charge in [-0.3, -0.25) is 0 Å². The lowest BCUT2D eigenvalue weighted by atomic mass is 10.2. The monoisotopic (exact) mass is 202 g/mol. The molecule has 3 heterocycles. The number of pyridine rings is 1. The molecule has 1 saturated heterocycles. The first-order valence-electron chi connectivity index (χ1n) is 5.31. The Kier molecular flexibility index (Phi) is 1.95. The number of likely N-dealkylation sites (tertiary alicyclic amines) is 1. The molecule has 4 heteroatoms. The van der Waals surface area contributed by atoms with E-state index in [0.717, 1.165) is 24.3 Å². The lowest BCUT2D eigenvalue weighted by Crippen LogP contribution is -2.16. The van der Waals surface area contributed by atoms with E-state index in [-0.39, 0.29) is 0 Å². The van der Waals surface area contributed by atoms with Crippen LogP contribution in [0.25, 0.3) is 11.2 Å². The van der Waals surface area contributed by atoms with Gasteiger partial charge in [0.25, 0.3) is 0 Å². The molecule has 0 saturated carbocycles. The van der Waals surface area contributed by atoms with Gasteiger partial charge in [0.2, 0.25) is 0 Å². The third kappa shape index (κ3) is 1.41. The topological polar surface area (TPSA) is 34.0 Å². The standard InChI is InChI=1S/C11H14N4/c1-14-6-4-9(7-14)15-8-13-10-3-2-5-12-11(10)15/h2-3,5,8-9H,4,6-7H2,1H3. The average Bonchev–Trinajstić information content (AvgIpc) is 2.83. The van der Waals surface area contributed by atoms with Gasteiger partial charge in [0.1, 0.15) is 5.52 Å². The summed E-state index contributed by atoms with van der Waals surface area (Å²) < 4.78 is 2.21. The number of aromatic nitrogens is 3. The van der Waals surface area contributed by atoms with Gasteiger partial charge >= 0.3 is 0 Å². The van der Waals surface area contributed by atoms with E-state index in [1.54, 1.807) is 0 Å². The molecule has 2 aromatic heterocycles. The summed E-state index contributed by atoms with van der Waals surface area (Å²) in [5, 5.41) is 0. The van der Waals surface area contributed by atoms with Crippen LogP contribution in [0.1, 0.15) is 12.5 Å². The summed E-state index contributed by atoms with van der Waals surface area (Å²) in [5.74, 6) is 0. The van der Waals surface area contributed by atoms with Crippen LogP contribution in [0.15, 0.2) is 24.7 Å². The van der Waals surface area contributed by atoms with Gasteiger partial charge < -0.3 is 9.47 Å². The van der Waals surface area contributed by atoms with Gasteiger partial charge in [-0.15, -0.1) is 0 Å². The Morgan fingerprint density at radius 3 is 3.13 bits per heavy atom. The number of nitrogens with zero attached hydrogens (tertiary/aromatic N) is 4. The Hall–Kier alpha value is -1.42. The van der Waals surface area contributed by atoms with Gasteiger partial charge in [-0.25, -0.2) is 9.97 Å². The van der Waals surface area contributed by atoms with Crippen LogP contribution in [-0.4, -0.2) is 39.6 Å². The fourth-order valence-electron chi connectivity index (χ4n) is 2.27. The second-order valence-electron chi connectivity index (χ2n) is 4.20. The van der Waals surface area contributed by atoms with E-state index in [1.165, 1.54) is 6.42 Å². The van der Waals surface area contributed by atoms with Crippen molar-refractivity contribution in [3.8, 4) is 0 Å². The van der Waals surface area contributed by atoms with E-state index in [9.17, 15) is 0 Å². The molecule has 0 aliphatic carbocycles. The maximum atomic E-state index is 4.39. The van der Waals surface area contributed by atoms with Crippen LogP contribution in [0.2, 0.25) is 0 Å². The Balaban J connectivity index is 2.04. The van der Waals surface area contributed by atoms with Crippen molar-refractivity contribution >= 4 is 11.2 Å². The summed E-state index contributed by atoms with van der Waals surface area (Å²) in [6.07, 6.45) is 4.94. The van der Waals surface area contributed by atoms with E-state index >= 15 is 0 Å². The van der Waals surface area contributed by atoms with Gasteiger partial charge in [0.15, 0.2) is 5.65 Å². The summed E-state index contributed by atoms with van der Waals surface area (Å²) in [6.45, 7) is 2.26. The second kappa shape index (κ2) is 3.31. The molecule has 1 fully saturated rings. The van der Waals surface area contributed by atoms with Crippen molar-refractivity contribution in [2.45, 2.75) is 12.5 Å².